The second-order valence-electron chi connectivity index (χ2n) is 6.04. The van der Waals surface area contributed by atoms with Crippen LogP contribution in [0.1, 0.15) is 0 Å². The summed E-state index contributed by atoms with van der Waals surface area (Å²) in [5.41, 5.74) is 2.27. The molecule has 5 rings (SSSR count). The maximum Gasteiger partial charge on any atom is 0.123 e. The van der Waals surface area contributed by atoms with Gasteiger partial charge in [0.2, 0.25) is 0 Å². The van der Waals surface area contributed by atoms with Gasteiger partial charge in [0.15, 0.2) is 0 Å². The molecule has 0 amide bonds. The highest BCUT2D eigenvalue weighted by Crippen LogP contribution is 2.40. The van der Waals surface area contributed by atoms with Crippen molar-refractivity contribution in [2.75, 3.05) is 0 Å². The first-order chi connectivity index (χ1) is 11.3. The molecule has 0 N–H and O–H groups in total. The fraction of sp³-hybridized carbons (Fsp3) is 0.0476. The van der Waals surface area contributed by atoms with Crippen molar-refractivity contribution in [1.29, 1.82) is 0 Å². The molecule has 0 aliphatic heterocycles. The lowest BCUT2D eigenvalue weighted by Gasteiger charge is -2.09. The summed E-state index contributed by atoms with van der Waals surface area (Å²) < 4.78 is 16.1. The van der Waals surface area contributed by atoms with E-state index in [1.807, 2.05) is 18.2 Å². The Balaban J connectivity index is 2.26. The van der Waals surface area contributed by atoms with Crippen molar-refractivity contribution in [2.24, 2.45) is 7.05 Å². The van der Waals surface area contributed by atoms with Crippen LogP contribution in [0.4, 0.5) is 4.39 Å². The summed E-state index contributed by atoms with van der Waals surface area (Å²) in [4.78, 5) is 0. The summed E-state index contributed by atoms with van der Waals surface area (Å²) in [6.45, 7) is 0. The lowest BCUT2D eigenvalue weighted by atomic mass is 9.97. The second kappa shape index (κ2) is 4.32. The van der Waals surface area contributed by atoms with Gasteiger partial charge in [-0.25, -0.2) is 4.39 Å². The molecule has 1 nitrogen and oxygen atoms in total. The average Bonchev–Trinajstić information content (AvgIpc) is 2.89. The third-order valence-electron chi connectivity index (χ3n) is 4.83. The molecule has 0 aliphatic carbocycles. The summed E-state index contributed by atoms with van der Waals surface area (Å²) in [6, 6.07) is 21.9. The highest BCUT2D eigenvalue weighted by Gasteiger charge is 2.15. The molecular weight excluding hydrogens is 285 g/mol. The maximum absolute atomic E-state index is 13.9. The Morgan fingerprint density at radius 1 is 0.696 bits per heavy atom. The van der Waals surface area contributed by atoms with Gasteiger partial charge in [0.05, 0.1) is 5.52 Å². The third kappa shape index (κ3) is 1.55. The molecule has 0 unspecified atom stereocenters. The smallest absolute Gasteiger partial charge is 0.123 e. The molecule has 1 heterocycles. The highest BCUT2D eigenvalue weighted by molar-refractivity contribution is 6.31. The van der Waals surface area contributed by atoms with Crippen LogP contribution in [0.2, 0.25) is 0 Å². The monoisotopic (exact) mass is 299 g/mol. The average molecular weight is 299 g/mol. The Labute approximate surface area is 132 Å². The van der Waals surface area contributed by atoms with Gasteiger partial charge in [0, 0.05) is 28.7 Å². The number of hydrogen-bond donors (Lipinski definition) is 0. The first-order valence-electron chi connectivity index (χ1n) is 7.73. The first-order valence-corrected chi connectivity index (χ1v) is 7.73. The molecule has 0 aliphatic rings. The van der Waals surface area contributed by atoms with Crippen molar-refractivity contribution < 1.29 is 4.39 Å². The molecule has 0 spiro atoms. The summed E-state index contributed by atoms with van der Waals surface area (Å²) in [5, 5.41) is 6.88. The topological polar surface area (TPSA) is 4.93 Å². The number of fused-ring (bicyclic) bond motifs is 8. The van der Waals surface area contributed by atoms with Crippen LogP contribution in [-0.4, -0.2) is 4.57 Å². The number of nitrogens with zero attached hydrogens (tertiary/aromatic N) is 1. The third-order valence-corrected chi connectivity index (χ3v) is 4.83. The molecule has 1 aromatic heterocycles. The molecule has 5 aromatic rings. The predicted molar refractivity (Wildman–Crippen MR) is 95.4 cm³/mol. The van der Waals surface area contributed by atoms with E-state index in [0.717, 1.165) is 16.3 Å². The van der Waals surface area contributed by atoms with Crippen LogP contribution in [0, 0.1) is 5.82 Å². The second-order valence-corrected chi connectivity index (χ2v) is 6.04. The van der Waals surface area contributed by atoms with Crippen LogP contribution in [0.3, 0.4) is 0 Å². The molecule has 110 valence electrons. The van der Waals surface area contributed by atoms with Crippen LogP contribution >= 0.6 is 0 Å². The van der Waals surface area contributed by atoms with E-state index in [9.17, 15) is 4.39 Å². The van der Waals surface area contributed by atoms with Crippen molar-refractivity contribution in [3.8, 4) is 0 Å². The minimum atomic E-state index is -0.195. The van der Waals surface area contributed by atoms with Gasteiger partial charge in [-0.05, 0) is 34.4 Å². The highest BCUT2D eigenvalue weighted by atomic mass is 19.1. The van der Waals surface area contributed by atoms with E-state index >= 15 is 0 Å². The fourth-order valence-electron chi connectivity index (χ4n) is 3.86. The Morgan fingerprint density at radius 3 is 2.17 bits per heavy atom. The van der Waals surface area contributed by atoms with Gasteiger partial charge in [-0.3, -0.25) is 0 Å². The molecule has 0 bridgehead atoms. The lowest BCUT2D eigenvalue weighted by Crippen LogP contribution is -1.89. The van der Waals surface area contributed by atoms with E-state index in [2.05, 4.69) is 48.0 Å². The van der Waals surface area contributed by atoms with Crippen molar-refractivity contribution in [3.05, 3.63) is 72.5 Å². The van der Waals surface area contributed by atoms with E-state index in [0.29, 0.717) is 0 Å². The zero-order valence-corrected chi connectivity index (χ0v) is 12.7. The Kier molecular flexibility index (Phi) is 2.38. The van der Waals surface area contributed by atoms with Gasteiger partial charge in [-0.15, -0.1) is 0 Å². The zero-order valence-electron chi connectivity index (χ0n) is 12.7. The van der Waals surface area contributed by atoms with Gasteiger partial charge in [0.1, 0.15) is 5.82 Å². The van der Waals surface area contributed by atoms with Crippen LogP contribution in [-0.2, 0) is 7.05 Å². The number of aromatic nitrogens is 1. The first kappa shape index (κ1) is 12.7. The van der Waals surface area contributed by atoms with E-state index in [-0.39, 0.29) is 5.82 Å². The predicted octanol–water partition coefficient (Wildman–Crippen LogP) is 5.78. The minimum Gasteiger partial charge on any atom is -0.343 e. The van der Waals surface area contributed by atoms with E-state index in [4.69, 9.17) is 0 Å². The molecule has 0 saturated heterocycles. The zero-order chi connectivity index (χ0) is 15.6. The van der Waals surface area contributed by atoms with Crippen molar-refractivity contribution >= 4 is 43.4 Å². The van der Waals surface area contributed by atoms with E-state index in [1.165, 1.54) is 27.1 Å². The van der Waals surface area contributed by atoms with Crippen LogP contribution in [0.25, 0.3) is 43.4 Å². The van der Waals surface area contributed by atoms with Crippen molar-refractivity contribution in [3.63, 3.8) is 0 Å². The lowest BCUT2D eigenvalue weighted by molar-refractivity contribution is 0.630. The van der Waals surface area contributed by atoms with Crippen LogP contribution in [0.15, 0.2) is 66.7 Å². The molecule has 4 aromatic carbocycles. The largest absolute Gasteiger partial charge is 0.343 e. The van der Waals surface area contributed by atoms with E-state index in [1.54, 1.807) is 12.1 Å². The number of rotatable bonds is 0. The molecule has 0 saturated carbocycles. The van der Waals surface area contributed by atoms with Gasteiger partial charge in [-0.1, -0.05) is 48.5 Å². The fourth-order valence-corrected chi connectivity index (χ4v) is 3.86. The normalized spacial score (nSPS) is 11.9. The molecular formula is C21H14FN. The van der Waals surface area contributed by atoms with Gasteiger partial charge in [0.25, 0.3) is 0 Å². The summed E-state index contributed by atoms with van der Waals surface area (Å²) in [6.07, 6.45) is 0. The molecule has 23 heavy (non-hydrogen) atoms. The van der Waals surface area contributed by atoms with Gasteiger partial charge >= 0.3 is 0 Å². The van der Waals surface area contributed by atoms with Gasteiger partial charge in [-0.2, -0.15) is 0 Å². The van der Waals surface area contributed by atoms with Crippen LogP contribution < -0.4 is 0 Å². The van der Waals surface area contributed by atoms with Crippen LogP contribution in [0.5, 0.6) is 0 Å². The quantitative estimate of drug-likeness (QED) is 0.320. The number of aryl methyl sites for hydroxylation is 1. The van der Waals surface area contributed by atoms with Crippen molar-refractivity contribution in [1.82, 2.24) is 4.57 Å². The Bertz CT molecular complexity index is 1230. The SMILES string of the molecule is Cn1c2ccccc2c2c3ccccc3c3ccc(F)cc3c21. The summed E-state index contributed by atoms with van der Waals surface area (Å²) in [5.74, 6) is -0.195. The maximum atomic E-state index is 13.9. The molecule has 2 heteroatoms. The Hall–Kier alpha value is -2.87. The standard InChI is InChI=1S/C21H14FN/c1-23-19-9-5-4-8-17(19)20-16-7-3-2-6-14(16)15-11-10-13(22)12-18(15)21(20)23/h2-12H,1H3. The number of hydrogen-bond acceptors (Lipinski definition) is 0. The van der Waals surface area contributed by atoms with Gasteiger partial charge < -0.3 is 4.57 Å². The van der Waals surface area contributed by atoms with Crippen molar-refractivity contribution in [2.45, 2.75) is 0 Å². The molecule has 0 atom stereocenters. The minimum absolute atomic E-state index is 0.195. The number of halogens is 1. The number of benzene rings is 4. The molecule has 0 fully saturated rings. The summed E-state index contributed by atoms with van der Waals surface area (Å²) >= 11 is 0. The Morgan fingerprint density at radius 2 is 1.35 bits per heavy atom. The number of para-hydroxylation sites is 1. The van der Waals surface area contributed by atoms with E-state index < -0.39 is 0 Å². The summed E-state index contributed by atoms with van der Waals surface area (Å²) in [7, 11) is 2.06. The molecule has 0 radical (unpaired) electrons.